The molecular formula is C9H8ClFN2. The van der Waals surface area contributed by atoms with Crippen LogP contribution in [-0.4, -0.2) is 5.88 Å². The lowest BCUT2D eigenvalue weighted by molar-refractivity contribution is 0.630. The Bertz CT molecular complexity index is 354. The van der Waals surface area contributed by atoms with Gasteiger partial charge in [0.15, 0.2) is 0 Å². The van der Waals surface area contributed by atoms with Gasteiger partial charge in [0.05, 0.1) is 11.6 Å². The summed E-state index contributed by atoms with van der Waals surface area (Å²) in [5, 5.41) is 0. The van der Waals surface area contributed by atoms with Crippen molar-refractivity contribution in [2.24, 2.45) is 5.84 Å². The summed E-state index contributed by atoms with van der Waals surface area (Å²) in [5.41, 5.74) is 3.06. The van der Waals surface area contributed by atoms with Crippen LogP contribution in [0, 0.1) is 17.7 Å². The van der Waals surface area contributed by atoms with Crippen LogP contribution in [0.15, 0.2) is 18.2 Å². The van der Waals surface area contributed by atoms with E-state index in [-0.39, 0.29) is 11.6 Å². The lowest BCUT2D eigenvalue weighted by Crippen LogP contribution is -2.08. The van der Waals surface area contributed by atoms with Crippen molar-refractivity contribution in [1.82, 2.24) is 0 Å². The number of hydrogen-bond donors (Lipinski definition) is 2. The van der Waals surface area contributed by atoms with E-state index in [1.165, 1.54) is 12.1 Å². The van der Waals surface area contributed by atoms with Gasteiger partial charge in [-0.1, -0.05) is 11.8 Å². The number of anilines is 1. The molecule has 0 atom stereocenters. The summed E-state index contributed by atoms with van der Waals surface area (Å²) >= 11 is 5.35. The maximum absolute atomic E-state index is 13.0. The minimum atomic E-state index is -0.427. The summed E-state index contributed by atoms with van der Waals surface area (Å²) in [4.78, 5) is 0. The van der Waals surface area contributed by atoms with Gasteiger partial charge in [0.1, 0.15) is 5.82 Å². The molecule has 3 N–H and O–H groups in total. The summed E-state index contributed by atoms with van der Waals surface area (Å²) in [6.07, 6.45) is 0. The zero-order chi connectivity index (χ0) is 9.68. The lowest BCUT2D eigenvalue weighted by atomic mass is 10.2. The molecule has 0 radical (unpaired) electrons. The van der Waals surface area contributed by atoms with Gasteiger partial charge in [0, 0.05) is 5.56 Å². The highest BCUT2D eigenvalue weighted by Gasteiger charge is 1.99. The first-order chi connectivity index (χ1) is 6.27. The number of nitrogens with one attached hydrogen (secondary N) is 1. The molecule has 0 amide bonds. The van der Waals surface area contributed by atoms with E-state index in [0.29, 0.717) is 5.56 Å². The predicted octanol–water partition coefficient (Wildman–Crippen LogP) is 1.70. The third-order valence-corrected chi connectivity index (χ3v) is 1.56. The van der Waals surface area contributed by atoms with Crippen molar-refractivity contribution in [3.63, 3.8) is 0 Å². The largest absolute Gasteiger partial charge is 0.321 e. The van der Waals surface area contributed by atoms with Gasteiger partial charge in [-0.3, -0.25) is 5.84 Å². The Labute approximate surface area is 80.9 Å². The molecule has 0 aliphatic heterocycles. The van der Waals surface area contributed by atoms with E-state index in [9.17, 15) is 4.39 Å². The fraction of sp³-hybridized carbons (Fsp3) is 0.111. The van der Waals surface area contributed by atoms with Crippen molar-refractivity contribution in [2.75, 3.05) is 11.3 Å². The molecule has 0 bridgehead atoms. The van der Waals surface area contributed by atoms with E-state index in [4.69, 9.17) is 17.4 Å². The highest BCUT2D eigenvalue weighted by atomic mass is 35.5. The first-order valence-electron chi connectivity index (χ1n) is 3.59. The molecule has 0 saturated heterocycles. The second-order valence-corrected chi connectivity index (χ2v) is 2.54. The molecule has 1 aromatic rings. The predicted molar refractivity (Wildman–Crippen MR) is 51.8 cm³/mol. The Morgan fingerprint density at radius 3 is 2.85 bits per heavy atom. The van der Waals surface area contributed by atoms with Gasteiger partial charge in [-0.15, -0.1) is 11.6 Å². The second kappa shape index (κ2) is 4.70. The number of hydrazine groups is 1. The summed E-state index contributed by atoms with van der Waals surface area (Å²) in [7, 11) is 0. The van der Waals surface area contributed by atoms with Crippen LogP contribution in [0.5, 0.6) is 0 Å². The fourth-order valence-electron chi connectivity index (χ4n) is 0.845. The van der Waals surface area contributed by atoms with E-state index in [1.54, 1.807) is 6.07 Å². The highest BCUT2D eigenvalue weighted by Crippen LogP contribution is 2.13. The van der Waals surface area contributed by atoms with Crippen molar-refractivity contribution < 1.29 is 4.39 Å². The zero-order valence-electron chi connectivity index (χ0n) is 6.77. The summed E-state index contributed by atoms with van der Waals surface area (Å²) < 4.78 is 13.0. The number of alkyl halides is 1. The first kappa shape index (κ1) is 9.85. The SMILES string of the molecule is NNc1ccc(C#CCCl)cc1F. The number of benzene rings is 1. The molecule has 1 rings (SSSR count). The maximum Gasteiger partial charge on any atom is 0.148 e. The van der Waals surface area contributed by atoms with E-state index < -0.39 is 5.82 Å². The van der Waals surface area contributed by atoms with Crippen LogP contribution >= 0.6 is 11.6 Å². The average molecular weight is 199 g/mol. The van der Waals surface area contributed by atoms with Crippen molar-refractivity contribution >= 4 is 17.3 Å². The minimum Gasteiger partial charge on any atom is -0.321 e. The molecule has 0 saturated carbocycles. The Morgan fingerprint density at radius 1 is 1.54 bits per heavy atom. The molecule has 0 heterocycles. The maximum atomic E-state index is 13.0. The Balaban J connectivity index is 2.96. The third-order valence-electron chi connectivity index (χ3n) is 1.42. The van der Waals surface area contributed by atoms with Crippen LogP contribution in [0.3, 0.4) is 0 Å². The van der Waals surface area contributed by atoms with E-state index in [1.807, 2.05) is 0 Å². The van der Waals surface area contributed by atoms with Crippen LogP contribution < -0.4 is 11.3 Å². The Morgan fingerprint density at radius 2 is 2.31 bits per heavy atom. The average Bonchev–Trinajstić information content (AvgIpc) is 2.15. The summed E-state index contributed by atoms with van der Waals surface area (Å²) in [6, 6.07) is 4.49. The quantitative estimate of drug-likeness (QED) is 0.312. The summed E-state index contributed by atoms with van der Waals surface area (Å²) in [5.74, 6) is 10.2. The smallest absolute Gasteiger partial charge is 0.148 e. The van der Waals surface area contributed by atoms with Crippen LogP contribution in [0.2, 0.25) is 0 Å². The lowest BCUT2D eigenvalue weighted by Gasteiger charge is -2.00. The van der Waals surface area contributed by atoms with E-state index >= 15 is 0 Å². The zero-order valence-corrected chi connectivity index (χ0v) is 7.53. The molecule has 0 aromatic heterocycles. The number of rotatable bonds is 1. The molecule has 0 spiro atoms. The number of halogens is 2. The van der Waals surface area contributed by atoms with Crippen LogP contribution in [0.1, 0.15) is 5.56 Å². The molecule has 68 valence electrons. The normalized spacial score (nSPS) is 8.85. The van der Waals surface area contributed by atoms with Crippen molar-refractivity contribution in [3.05, 3.63) is 29.6 Å². The molecule has 0 aliphatic carbocycles. The third kappa shape index (κ3) is 2.62. The molecule has 13 heavy (non-hydrogen) atoms. The Hall–Kier alpha value is -1.24. The second-order valence-electron chi connectivity index (χ2n) is 2.27. The van der Waals surface area contributed by atoms with Crippen molar-refractivity contribution in [3.8, 4) is 11.8 Å². The molecule has 1 aromatic carbocycles. The topological polar surface area (TPSA) is 38.0 Å². The minimum absolute atomic E-state index is 0.235. The number of nitrogen functional groups attached to an aromatic ring is 1. The van der Waals surface area contributed by atoms with Gasteiger partial charge >= 0.3 is 0 Å². The fourth-order valence-corrected chi connectivity index (χ4v) is 0.912. The van der Waals surface area contributed by atoms with Gasteiger partial charge in [-0.2, -0.15) is 0 Å². The molecule has 4 heteroatoms. The standard InChI is InChI=1S/C9H8ClFN2/c10-5-1-2-7-3-4-9(13-12)8(11)6-7/h3-4,6,13H,5,12H2. The van der Waals surface area contributed by atoms with Crippen LogP contribution in [-0.2, 0) is 0 Å². The van der Waals surface area contributed by atoms with Gasteiger partial charge in [-0.05, 0) is 18.2 Å². The highest BCUT2D eigenvalue weighted by molar-refractivity contribution is 6.19. The Kier molecular flexibility index (Phi) is 3.56. The number of hydrogen-bond acceptors (Lipinski definition) is 2. The van der Waals surface area contributed by atoms with Gasteiger partial charge in [-0.25, -0.2) is 4.39 Å². The monoisotopic (exact) mass is 198 g/mol. The van der Waals surface area contributed by atoms with E-state index in [2.05, 4.69) is 17.3 Å². The van der Waals surface area contributed by atoms with Crippen molar-refractivity contribution in [1.29, 1.82) is 0 Å². The van der Waals surface area contributed by atoms with E-state index in [0.717, 1.165) is 0 Å². The van der Waals surface area contributed by atoms with Gasteiger partial charge < -0.3 is 5.43 Å². The van der Waals surface area contributed by atoms with Crippen LogP contribution in [0.25, 0.3) is 0 Å². The van der Waals surface area contributed by atoms with Gasteiger partial charge in [0.2, 0.25) is 0 Å². The molecule has 0 unspecified atom stereocenters. The molecular weight excluding hydrogens is 191 g/mol. The van der Waals surface area contributed by atoms with Crippen LogP contribution in [0.4, 0.5) is 10.1 Å². The van der Waals surface area contributed by atoms with Crippen molar-refractivity contribution in [2.45, 2.75) is 0 Å². The molecule has 2 nitrogen and oxygen atoms in total. The molecule has 0 fully saturated rings. The van der Waals surface area contributed by atoms with Gasteiger partial charge in [0.25, 0.3) is 0 Å². The number of nitrogens with two attached hydrogens (primary N) is 1. The first-order valence-corrected chi connectivity index (χ1v) is 4.12. The summed E-state index contributed by atoms with van der Waals surface area (Å²) in [6.45, 7) is 0. The molecule has 0 aliphatic rings.